The molecule has 0 unspecified atom stereocenters. The summed E-state index contributed by atoms with van der Waals surface area (Å²) in [5, 5.41) is 0.535. The van der Waals surface area contributed by atoms with Crippen molar-refractivity contribution in [2.75, 3.05) is 0 Å². The molecule has 40 valence electrons. The molecule has 0 saturated heterocycles. The maximum atomic E-state index is 5.54. The lowest BCUT2D eigenvalue weighted by atomic mass is 10.4. The van der Waals surface area contributed by atoms with Gasteiger partial charge in [0, 0.05) is 6.20 Å². The minimum Gasteiger partial charge on any atom is -0.351 e. The third-order valence-electron chi connectivity index (χ3n) is 0.852. The highest BCUT2D eigenvalue weighted by Crippen LogP contribution is 2.09. The Hall–Kier alpha value is -0.870. The zero-order valence-electron chi connectivity index (χ0n) is 4.11. The van der Waals surface area contributed by atoms with Crippen LogP contribution < -0.4 is 0 Å². The number of aromatic nitrogens is 1. The second-order valence-electron chi connectivity index (χ2n) is 1.35. The Balaban J connectivity index is 3.15. The first-order chi connectivity index (χ1) is 3.84. The summed E-state index contributed by atoms with van der Waals surface area (Å²) in [7, 11) is 0. The van der Waals surface area contributed by atoms with Crippen LogP contribution in [0.15, 0.2) is 12.3 Å². The number of hydrogen-bond acceptors (Lipinski definition) is 0. The molecule has 0 aliphatic rings. The number of halogens is 1. The summed E-state index contributed by atoms with van der Waals surface area (Å²) >= 11 is 5.54. The largest absolute Gasteiger partial charge is 0.351 e. The SMILES string of the molecule is C#Cc1cc[nH]c1Cl. The van der Waals surface area contributed by atoms with E-state index in [0.29, 0.717) is 10.7 Å². The van der Waals surface area contributed by atoms with Gasteiger partial charge in [-0.3, -0.25) is 0 Å². The fourth-order valence-electron chi connectivity index (χ4n) is 0.461. The molecule has 1 aromatic rings. The molecule has 0 atom stereocenters. The summed E-state index contributed by atoms with van der Waals surface area (Å²) in [6, 6.07) is 1.75. The number of hydrogen-bond donors (Lipinski definition) is 1. The van der Waals surface area contributed by atoms with Gasteiger partial charge < -0.3 is 4.98 Å². The Morgan fingerprint density at radius 1 is 1.75 bits per heavy atom. The molecule has 0 spiro atoms. The van der Waals surface area contributed by atoms with Crippen LogP contribution in [0.25, 0.3) is 0 Å². The second-order valence-corrected chi connectivity index (χ2v) is 1.73. The second kappa shape index (κ2) is 1.94. The van der Waals surface area contributed by atoms with Crippen LogP contribution in [0.5, 0.6) is 0 Å². The van der Waals surface area contributed by atoms with Crippen molar-refractivity contribution >= 4 is 11.6 Å². The summed E-state index contributed by atoms with van der Waals surface area (Å²) < 4.78 is 0. The summed E-state index contributed by atoms with van der Waals surface area (Å²) in [4.78, 5) is 2.74. The topological polar surface area (TPSA) is 15.8 Å². The molecule has 0 amide bonds. The van der Waals surface area contributed by atoms with Crippen LogP contribution in [0.4, 0.5) is 0 Å². The molecule has 0 aliphatic carbocycles. The molecule has 1 rings (SSSR count). The molecule has 2 heteroatoms. The highest BCUT2D eigenvalue weighted by molar-refractivity contribution is 6.30. The maximum Gasteiger partial charge on any atom is 0.122 e. The number of H-pyrrole nitrogens is 1. The first-order valence-electron chi connectivity index (χ1n) is 2.14. The first-order valence-corrected chi connectivity index (χ1v) is 2.52. The van der Waals surface area contributed by atoms with Crippen molar-refractivity contribution < 1.29 is 0 Å². The molecule has 8 heavy (non-hydrogen) atoms. The third-order valence-corrected chi connectivity index (χ3v) is 1.16. The zero-order valence-corrected chi connectivity index (χ0v) is 4.87. The van der Waals surface area contributed by atoms with Gasteiger partial charge in [-0.05, 0) is 6.07 Å². The Bertz CT molecular complexity index is 219. The van der Waals surface area contributed by atoms with Crippen molar-refractivity contribution in [2.45, 2.75) is 0 Å². The average Bonchev–Trinajstić information content (AvgIpc) is 2.14. The number of nitrogens with one attached hydrogen (secondary N) is 1. The van der Waals surface area contributed by atoms with Gasteiger partial charge in [0.2, 0.25) is 0 Å². The maximum absolute atomic E-state index is 5.54. The van der Waals surface area contributed by atoms with Crippen LogP contribution in [0.2, 0.25) is 5.15 Å². The lowest BCUT2D eigenvalue weighted by Gasteiger charge is -1.78. The van der Waals surface area contributed by atoms with Crippen LogP contribution in [0.1, 0.15) is 5.56 Å². The quantitative estimate of drug-likeness (QED) is 0.508. The molecule has 0 fully saturated rings. The molecule has 0 saturated carbocycles. The van der Waals surface area contributed by atoms with Crippen LogP contribution in [0, 0.1) is 12.3 Å². The van der Waals surface area contributed by atoms with Gasteiger partial charge in [0.15, 0.2) is 0 Å². The molecule has 0 bridgehead atoms. The molecular weight excluding hydrogens is 122 g/mol. The molecule has 1 aromatic heterocycles. The van der Waals surface area contributed by atoms with E-state index in [4.69, 9.17) is 18.0 Å². The van der Waals surface area contributed by atoms with E-state index in [1.54, 1.807) is 12.3 Å². The predicted octanol–water partition coefficient (Wildman–Crippen LogP) is 1.65. The van der Waals surface area contributed by atoms with E-state index in [0.717, 1.165) is 0 Å². The van der Waals surface area contributed by atoms with Crippen LogP contribution in [0.3, 0.4) is 0 Å². The van der Waals surface area contributed by atoms with Crippen molar-refractivity contribution in [3.8, 4) is 12.3 Å². The van der Waals surface area contributed by atoms with E-state index in [1.165, 1.54) is 0 Å². The normalized spacial score (nSPS) is 8.50. The van der Waals surface area contributed by atoms with Crippen molar-refractivity contribution in [2.24, 2.45) is 0 Å². The van der Waals surface area contributed by atoms with Crippen LogP contribution in [-0.2, 0) is 0 Å². The van der Waals surface area contributed by atoms with E-state index in [2.05, 4.69) is 10.9 Å². The standard InChI is InChI=1S/C6H4ClN/c1-2-5-3-4-8-6(5)7/h1,3-4,8H. The lowest BCUT2D eigenvalue weighted by molar-refractivity contribution is 1.41. The van der Waals surface area contributed by atoms with Gasteiger partial charge in [0.1, 0.15) is 5.15 Å². The Morgan fingerprint density at radius 2 is 2.50 bits per heavy atom. The van der Waals surface area contributed by atoms with Gasteiger partial charge in [0.25, 0.3) is 0 Å². The van der Waals surface area contributed by atoms with Crippen molar-refractivity contribution in [1.82, 2.24) is 4.98 Å². The van der Waals surface area contributed by atoms with Gasteiger partial charge in [-0.1, -0.05) is 17.5 Å². The number of aromatic amines is 1. The fraction of sp³-hybridized carbons (Fsp3) is 0. The highest BCUT2D eigenvalue weighted by atomic mass is 35.5. The van der Waals surface area contributed by atoms with Gasteiger partial charge in [-0.2, -0.15) is 0 Å². The zero-order chi connectivity index (χ0) is 5.98. The van der Waals surface area contributed by atoms with E-state index in [-0.39, 0.29) is 0 Å². The highest BCUT2D eigenvalue weighted by Gasteiger charge is 1.92. The molecule has 1 N–H and O–H groups in total. The molecular formula is C6H4ClN. The smallest absolute Gasteiger partial charge is 0.122 e. The van der Waals surface area contributed by atoms with E-state index in [9.17, 15) is 0 Å². The summed E-state index contributed by atoms with van der Waals surface area (Å²) in [5.74, 6) is 2.41. The third kappa shape index (κ3) is 0.706. The van der Waals surface area contributed by atoms with Gasteiger partial charge in [-0.15, -0.1) is 6.42 Å². The molecule has 1 heterocycles. The summed E-state index contributed by atoms with van der Waals surface area (Å²) in [6.07, 6.45) is 6.75. The van der Waals surface area contributed by atoms with E-state index < -0.39 is 0 Å². The molecule has 0 aliphatic heterocycles. The van der Waals surface area contributed by atoms with Gasteiger partial charge >= 0.3 is 0 Å². The van der Waals surface area contributed by atoms with Gasteiger partial charge in [-0.25, -0.2) is 0 Å². The molecule has 0 radical (unpaired) electrons. The monoisotopic (exact) mass is 125 g/mol. The number of terminal acetylenes is 1. The molecule has 1 nitrogen and oxygen atoms in total. The van der Waals surface area contributed by atoms with Gasteiger partial charge in [0.05, 0.1) is 5.56 Å². The van der Waals surface area contributed by atoms with Crippen LogP contribution in [-0.4, -0.2) is 4.98 Å². The minimum absolute atomic E-state index is 0.535. The van der Waals surface area contributed by atoms with E-state index >= 15 is 0 Å². The lowest BCUT2D eigenvalue weighted by Crippen LogP contribution is -1.64. The minimum atomic E-state index is 0.535. The Morgan fingerprint density at radius 3 is 2.75 bits per heavy atom. The van der Waals surface area contributed by atoms with Crippen molar-refractivity contribution in [3.63, 3.8) is 0 Å². The Labute approximate surface area is 52.7 Å². The first kappa shape index (κ1) is 5.27. The van der Waals surface area contributed by atoms with E-state index in [1.807, 2.05) is 0 Å². The molecule has 0 aromatic carbocycles. The number of rotatable bonds is 0. The summed E-state index contributed by atoms with van der Waals surface area (Å²) in [6.45, 7) is 0. The van der Waals surface area contributed by atoms with Crippen LogP contribution >= 0.6 is 11.6 Å². The van der Waals surface area contributed by atoms with Crippen molar-refractivity contribution in [1.29, 1.82) is 0 Å². The summed E-state index contributed by atoms with van der Waals surface area (Å²) in [5.41, 5.74) is 0.715. The predicted molar refractivity (Wildman–Crippen MR) is 33.7 cm³/mol. The van der Waals surface area contributed by atoms with Crippen molar-refractivity contribution in [3.05, 3.63) is 23.0 Å². The Kier molecular flexibility index (Phi) is 1.27. The fourth-order valence-corrected chi connectivity index (χ4v) is 0.641. The average molecular weight is 126 g/mol.